The fourth-order valence-corrected chi connectivity index (χ4v) is 3.73. The van der Waals surface area contributed by atoms with Gasteiger partial charge in [-0.15, -0.1) is 13.2 Å². The number of nitrogens with one attached hydrogen (secondary N) is 1. The van der Waals surface area contributed by atoms with Gasteiger partial charge in [0.15, 0.2) is 11.6 Å². The number of hydrogen-bond acceptors (Lipinski definition) is 5. The number of hydrogen-bond donors (Lipinski definition) is 3. The van der Waals surface area contributed by atoms with Gasteiger partial charge in [-0.05, 0) is 55.8 Å². The quantitative estimate of drug-likeness (QED) is 0.427. The predicted molar refractivity (Wildman–Crippen MR) is 115 cm³/mol. The number of ether oxygens (including phenoxy) is 1. The molecule has 1 aromatic heterocycles. The van der Waals surface area contributed by atoms with E-state index in [2.05, 4.69) is 10.1 Å². The van der Waals surface area contributed by atoms with E-state index >= 15 is 0 Å². The Morgan fingerprint density at radius 1 is 1.11 bits per heavy atom. The number of halogens is 4. The molecule has 0 bridgehead atoms. The summed E-state index contributed by atoms with van der Waals surface area (Å²) < 4.78 is 57.0. The minimum Gasteiger partial charge on any atom is -0.505 e. The summed E-state index contributed by atoms with van der Waals surface area (Å²) in [5.41, 5.74) is 0.226. The Balaban J connectivity index is 2.01. The molecule has 0 aliphatic heterocycles. The van der Waals surface area contributed by atoms with Gasteiger partial charge in [0.1, 0.15) is 5.75 Å². The average molecular weight is 496 g/mol. The van der Waals surface area contributed by atoms with Gasteiger partial charge >= 0.3 is 12.3 Å². The Hall–Kier alpha value is -4.09. The zero-order valence-corrected chi connectivity index (χ0v) is 18.4. The number of aromatic nitrogens is 1. The number of rotatable bonds is 7. The first-order valence-corrected chi connectivity index (χ1v) is 10.2. The molecular formula is C23H20F4N2O6. The van der Waals surface area contributed by atoms with Crippen LogP contribution in [0.4, 0.5) is 17.6 Å². The molecule has 0 spiro atoms. The van der Waals surface area contributed by atoms with Crippen molar-refractivity contribution in [2.45, 2.75) is 39.1 Å². The number of fused-ring (bicyclic) bond motifs is 1. The summed E-state index contributed by atoms with van der Waals surface area (Å²) in [6, 6.07) is 5.69. The third-order valence-electron chi connectivity index (χ3n) is 5.18. The molecule has 1 unspecified atom stereocenters. The zero-order chi connectivity index (χ0) is 26.1. The lowest BCUT2D eigenvalue weighted by atomic mass is 10.1. The minimum atomic E-state index is -4.91. The van der Waals surface area contributed by atoms with Crippen molar-refractivity contribution in [3.8, 4) is 11.5 Å². The van der Waals surface area contributed by atoms with Crippen molar-refractivity contribution in [1.82, 2.24) is 9.88 Å². The Labute approximate surface area is 195 Å². The molecule has 3 N–H and O–H groups in total. The second-order valence-electron chi connectivity index (χ2n) is 7.81. The highest BCUT2D eigenvalue weighted by atomic mass is 19.4. The van der Waals surface area contributed by atoms with Crippen LogP contribution >= 0.6 is 0 Å². The van der Waals surface area contributed by atoms with Crippen LogP contribution in [-0.2, 0) is 16.0 Å². The summed E-state index contributed by atoms with van der Waals surface area (Å²) in [5, 5.41) is 21.0. The third-order valence-corrected chi connectivity index (χ3v) is 5.18. The Morgan fingerprint density at radius 3 is 2.31 bits per heavy atom. The molecule has 12 heteroatoms. The Kier molecular flexibility index (Phi) is 7.04. The number of carbonyl (C=O) groups is 3. The van der Waals surface area contributed by atoms with Gasteiger partial charge in [0.25, 0.3) is 5.91 Å². The van der Waals surface area contributed by atoms with Gasteiger partial charge in [-0.2, -0.15) is 0 Å². The minimum absolute atomic E-state index is 0.0276. The van der Waals surface area contributed by atoms with Crippen molar-refractivity contribution in [3.05, 3.63) is 59.0 Å². The van der Waals surface area contributed by atoms with Crippen molar-refractivity contribution >= 4 is 28.7 Å². The number of carbonyl (C=O) groups excluding carboxylic acids is 2. The largest absolute Gasteiger partial charge is 0.573 e. The number of carboxylic acid groups (broad SMARTS) is 1. The van der Waals surface area contributed by atoms with Crippen molar-refractivity contribution in [2.24, 2.45) is 0 Å². The first kappa shape index (κ1) is 25.5. The van der Waals surface area contributed by atoms with Crippen LogP contribution in [0, 0.1) is 12.7 Å². The molecule has 0 aliphatic carbocycles. The Bertz CT molecular complexity index is 1300. The van der Waals surface area contributed by atoms with E-state index in [1.165, 1.54) is 19.9 Å². The number of phenolic OH excluding ortho intramolecular Hbond substituents is 1. The van der Waals surface area contributed by atoms with Gasteiger partial charge in [-0.25, -0.2) is 4.39 Å². The summed E-state index contributed by atoms with van der Waals surface area (Å²) in [7, 11) is 0. The lowest BCUT2D eigenvalue weighted by molar-refractivity contribution is -0.274. The van der Waals surface area contributed by atoms with Gasteiger partial charge in [0, 0.05) is 22.7 Å². The molecule has 186 valence electrons. The number of benzene rings is 2. The molecule has 3 rings (SSSR count). The molecule has 0 saturated carbocycles. The van der Waals surface area contributed by atoms with Gasteiger partial charge in [-0.3, -0.25) is 19.0 Å². The van der Waals surface area contributed by atoms with Gasteiger partial charge in [0.2, 0.25) is 5.91 Å². The van der Waals surface area contributed by atoms with E-state index in [-0.39, 0.29) is 34.1 Å². The number of aromatic hydroxyl groups is 1. The Morgan fingerprint density at radius 2 is 1.74 bits per heavy atom. The topological polar surface area (TPSA) is 118 Å². The highest BCUT2D eigenvalue weighted by Gasteiger charge is 2.31. The van der Waals surface area contributed by atoms with Crippen LogP contribution in [0.2, 0.25) is 0 Å². The normalized spacial score (nSPS) is 12.4. The molecule has 1 amide bonds. The maximum absolute atomic E-state index is 14.9. The van der Waals surface area contributed by atoms with E-state index in [4.69, 9.17) is 5.11 Å². The highest BCUT2D eigenvalue weighted by Crippen LogP contribution is 2.34. The van der Waals surface area contributed by atoms with Crippen LogP contribution in [0.15, 0.2) is 36.4 Å². The van der Waals surface area contributed by atoms with Crippen molar-refractivity contribution in [2.75, 3.05) is 0 Å². The van der Waals surface area contributed by atoms with Crippen molar-refractivity contribution < 1.29 is 46.9 Å². The molecule has 2 aromatic carbocycles. The van der Waals surface area contributed by atoms with Crippen LogP contribution in [-0.4, -0.2) is 45.0 Å². The molecule has 3 aromatic rings. The SMILES string of the molecule is Cc1c(CC(=O)NC(C)CC(=O)O)c2c(F)c(O)ccc2n1C(=O)c1ccc(OC(F)(F)F)cc1. The molecule has 1 atom stereocenters. The smallest absolute Gasteiger partial charge is 0.505 e. The van der Waals surface area contributed by atoms with Gasteiger partial charge < -0.3 is 20.3 Å². The van der Waals surface area contributed by atoms with Gasteiger partial charge in [-0.1, -0.05) is 0 Å². The molecule has 8 nitrogen and oxygen atoms in total. The molecule has 0 radical (unpaired) electrons. The fourth-order valence-electron chi connectivity index (χ4n) is 3.73. The zero-order valence-electron chi connectivity index (χ0n) is 18.4. The number of nitrogens with zero attached hydrogens (tertiary/aromatic N) is 1. The summed E-state index contributed by atoms with van der Waals surface area (Å²) in [4.78, 5) is 36.6. The van der Waals surface area contributed by atoms with E-state index in [1.807, 2.05) is 0 Å². The van der Waals surface area contributed by atoms with Crippen LogP contribution in [0.5, 0.6) is 11.5 Å². The molecule has 0 fully saturated rings. The average Bonchev–Trinajstić information content (AvgIpc) is 3.00. The van der Waals surface area contributed by atoms with Crippen LogP contribution in [0.3, 0.4) is 0 Å². The lowest BCUT2D eigenvalue weighted by Crippen LogP contribution is -2.35. The van der Waals surface area contributed by atoms with E-state index in [1.54, 1.807) is 0 Å². The lowest BCUT2D eigenvalue weighted by Gasteiger charge is -2.12. The first-order chi connectivity index (χ1) is 16.3. The molecular weight excluding hydrogens is 476 g/mol. The van der Waals surface area contributed by atoms with E-state index < -0.39 is 53.9 Å². The maximum atomic E-state index is 14.9. The van der Waals surface area contributed by atoms with Crippen LogP contribution in [0.25, 0.3) is 10.9 Å². The summed E-state index contributed by atoms with van der Waals surface area (Å²) >= 11 is 0. The summed E-state index contributed by atoms with van der Waals surface area (Å²) in [5.74, 6) is -4.79. The molecule has 0 aliphatic rings. The summed E-state index contributed by atoms with van der Waals surface area (Å²) in [6.07, 6.45) is -5.67. The predicted octanol–water partition coefficient (Wildman–Crippen LogP) is 3.90. The van der Waals surface area contributed by atoms with E-state index in [0.29, 0.717) is 0 Å². The van der Waals surface area contributed by atoms with E-state index in [0.717, 1.165) is 34.9 Å². The second kappa shape index (κ2) is 9.65. The highest BCUT2D eigenvalue weighted by molar-refractivity contribution is 6.05. The number of amides is 1. The molecule has 1 heterocycles. The number of phenols is 1. The number of carboxylic acids is 1. The number of aliphatic carboxylic acids is 1. The molecule has 35 heavy (non-hydrogen) atoms. The first-order valence-electron chi connectivity index (χ1n) is 10.2. The maximum Gasteiger partial charge on any atom is 0.573 e. The van der Waals surface area contributed by atoms with Crippen LogP contribution < -0.4 is 10.1 Å². The third kappa shape index (κ3) is 5.70. The monoisotopic (exact) mass is 496 g/mol. The van der Waals surface area contributed by atoms with E-state index in [9.17, 15) is 37.1 Å². The second-order valence-corrected chi connectivity index (χ2v) is 7.81. The molecule has 0 saturated heterocycles. The summed E-state index contributed by atoms with van der Waals surface area (Å²) in [6.45, 7) is 2.92. The van der Waals surface area contributed by atoms with Crippen molar-refractivity contribution in [1.29, 1.82) is 0 Å². The standard InChI is InChI=1S/C23H20F4N2O6/c1-11(9-19(32)33)28-18(31)10-15-12(2)29(16-7-8-17(30)21(24)20(15)16)22(34)13-3-5-14(6-4-13)35-23(25,26)27/h3-8,11,30H,9-10H2,1-2H3,(H,28,31)(H,32,33). The van der Waals surface area contributed by atoms with Crippen molar-refractivity contribution in [3.63, 3.8) is 0 Å². The number of alkyl halides is 3. The van der Waals surface area contributed by atoms with Crippen LogP contribution in [0.1, 0.15) is 35.0 Å². The van der Waals surface area contributed by atoms with Gasteiger partial charge in [0.05, 0.1) is 18.4 Å². The fraction of sp³-hybridized carbons (Fsp3) is 0.261.